The van der Waals surface area contributed by atoms with Gasteiger partial charge < -0.3 is 15.0 Å². The van der Waals surface area contributed by atoms with Crippen LogP contribution in [0, 0.1) is 0 Å². The highest BCUT2D eigenvalue weighted by atomic mass is 79.9. The normalized spacial score (nSPS) is 11.6. The topological polar surface area (TPSA) is 58.6 Å². The summed E-state index contributed by atoms with van der Waals surface area (Å²) in [4.78, 5) is 25.7. The van der Waals surface area contributed by atoms with Gasteiger partial charge in [0.05, 0.1) is 19.0 Å². The highest BCUT2D eigenvalue weighted by molar-refractivity contribution is 9.10. The molecule has 1 N–H and O–H groups in total. The molecule has 2 aromatic rings. The third kappa shape index (κ3) is 7.23. The van der Waals surface area contributed by atoms with Crippen molar-refractivity contribution < 1.29 is 14.3 Å². The second-order valence-electron chi connectivity index (χ2n) is 6.13. The number of nitrogens with one attached hydrogen (secondary N) is 1. The molecule has 1 atom stereocenters. The number of halogens is 2. The molecule has 0 aliphatic carbocycles. The minimum atomic E-state index is -0.372. The Labute approximate surface area is 172 Å². The zero-order valence-electron chi connectivity index (χ0n) is 15.2. The van der Waals surface area contributed by atoms with Crippen LogP contribution in [0.4, 0.5) is 0 Å². The van der Waals surface area contributed by atoms with Crippen molar-refractivity contribution in [1.82, 2.24) is 10.2 Å². The van der Waals surface area contributed by atoms with Crippen LogP contribution in [0.1, 0.15) is 24.9 Å². The van der Waals surface area contributed by atoms with Gasteiger partial charge in [0.1, 0.15) is 12.4 Å². The van der Waals surface area contributed by atoms with E-state index in [9.17, 15) is 9.59 Å². The smallest absolute Gasteiger partial charge is 0.224 e. The molecule has 2 rings (SSSR count). The van der Waals surface area contributed by atoms with Crippen molar-refractivity contribution in [2.24, 2.45) is 0 Å². The fourth-order valence-electron chi connectivity index (χ4n) is 2.48. The SMILES string of the molecule is CC(=O)NC(CC(=O)N(C)CCOc1ccc(Cl)cc1)c1ccc(Br)cc1. The molecule has 0 saturated heterocycles. The van der Waals surface area contributed by atoms with Gasteiger partial charge in [0.2, 0.25) is 11.8 Å². The van der Waals surface area contributed by atoms with Crippen LogP contribution in [0.2, 0.25) is 5.02 Å². The molecule has 0 aliphatic heterocycles. The quantitative estimate of drug-likeness (QED) is 0.651. The molecule has 7 heteroatoms. The molecule has 0 aliphatic rings. The Morgan fingerprint density at radius 3 is 2.37 bits per heavy atom. The maximum atomic E-state index is 12.6. The van der Waals surface area contributed by atoms with E-state index in [-0.39, 0.29) is 24.3 Å². The van der Waals surface area contributed by atoms with Crippen molar-refractivity contribution in [3.8, 4) is 5.75 Å². The van der Waals surface area contributed by atoms with Gasteiger partial charge in [-0.15, -0.1) is 0 Å². The Balaban J connectivity index is 1.89. The van der Waals surface area contributed by atoms with Crippen LogP contribution in [0.15, 0.2) is 53.0 Å². The van der Waals surface area contributed by atoms with E-state index in [1.165, 1.54) is 6.92 Å². The Morgan fingerprint density at radius 2 is 1.78 bits per heavy atom. The number of rotatable bonds is 8. The Hall–Kier alpha value is -2.05. The molecule has 0 spiro atoms. The van der Waals surface area contributed by atoms with Crippen molar-refractivity contribution in [1.29, 1.82) is 0 Å². The molecule has 1 unspecified atom stereocenters. The number of ether oxygens (including phenoxy) is 1. The summed E-state index contributed by atoms with van der Waals surface area (Å²) in [5, 5.41) is 3.49. The molecule has 2 aromatic carbocycles. The number of hydrogen-bond donors (Lipinski definition) is 1. The molecular weight excluding hydrogens is 432 g/mol. The van der Waals surface area contributed by atoms with Gasteiger partial charge in [-0.05, 0) is 42.0 Å². The largest absolute Gasteiger partial charge is 0.492 e. The van der Waals surface area contributed by atoms with Crippen LogP contribution >= 0.6 is 27.5 Å². The number of hydrogen-bond acceptors (Lipinski definition) is 3. The molecule has 0 fully saturated rings. The van der Waals surface area contributed by atoms with E-state index < -0.39 is 0 Å². The number of amides is 2. The lowest BCUT2D eigenvalue weighted by Gasteiger charge is -2.23. The molecule has 0 saturated carbocycles. The van der Waals surface area contributed by atoms with Crippen LogP contribution in [0.5, 0.6) is 5.75 Å². The fourth-order valence-corrected chi connectivity index (χ4v) is 2.87. The number of carbonyl (C=O) groups is 2. The summed E-state index contributed by atoms with van der Waals surface area (Å²) >= 11 is 9.23. The maximum absolute atomic E-state index is 12.6. The van der Waals surface area contributed by atoms with E-state index >= 15 is 0 Å². The molecule has 0 aromatic heterocycles. The van der Waals surface area contributed by atoms with Gasteiger partial charge in [-0.1, -0.05) is 39.7 Å². The van der Waals surface area contributed by atoms with Gasteiger partial charge in [0, 0.05) is 23.5 Å². The summed E-state index contributed by atoms with van der Waals surface area (Å²) in [5.41, 5.74) is 0.882. The third-order valence-electron chi connectivity index (χ3n) is 3.96. The van der Waals surface area contributed by atoms with Crippen molar-refractivity contribution in [2.75, 3.05) is 20.2 Å². The van der Waals surface area contributed by atoms with E-state index in [0.29, 0.717) is 23.9 Å². The summed E-state index contributed by atoms with van der Waals surface area (Å²) < 4.78 is 6.56. The Kier molecular flexibility index (Phi) is 8.13. The first-order valence-electron chi connectivity index (χ1n) is 8.50. The van der Waals surface area contributed by atoms with Gasteiger partial charge in [0.25, 0.3) is 0 Å². The van der Waals surface area contributed by atoms with E-state index in [4.69, 9.17) is 16.3 Å². The predicted molar refractivity (Wildman–Crippen MR) is 110 cm³/mol. The first-order valence-corrected chi connectivity index (χ1v) is 9.67. The van der Waals surface area contributed by atoms with Gasteiger partial charge in [0.15, 0.2) is 0 Å². The van der Waals surface area contributed by atoms with Crippen LogP contribution in [-0.2, 0) is 9.59 Å². The minimum absolute atomic E-state index is 0.0728. The lowest BCUT2D eigenvalue weighted by atomic mass is 10.0. The molecule has 5 nitrogen and oxygen atoms in total. The van der Waals surface area contributed by atoms with E-state index in [2.05, 4.69) is 21.2 Å². The first-order chi connectivity index (χ1) is 12.8. The van der Waals surface area contributed by atoms with Crippen LogP contribution in [0.3, 0.4) is 0 Å². The van der Waals surface area contributed by atoms with Crippen LogP contribution < -0.4 is 10.1 Å². The number of carbonyl (C=O) groups excluding carboxylic acids is 2. The average molecular weight is 454 g/mol. The van der Waals surface area contributed by atoms with E-state index in [1.54, 1.807) is 36.2 Å². The first kappa shape index (κ1) is 21.3. The number of nitrogens with zero attached hydrogens (tertiary/aromatic N) is 1. The fraction of sp³-hybridized carbons (Fsp3) is 0.300. The molecular formula is C20H22BrClN2O3. The molecule has 0 heterocycles. The van der Waals surface area contributed by atoms with Gasteiger partial charge >= 0.3 is 0 Å². The van der Waals surface area contributed by atoms with Gasteiger partial charge in [-0.25, -0.2) is 0 Å². The lowest BCUT2D eigenvalue weighted by molar-refractivity contribution is -0.131. The Morgan fingerprint density at radius 1 is 1.15 bits per heavy atom. The second kappa shape index (κ2) is 10.3. The molecule has 144 valence electrons. The Bertz CT molecular complexity index is 766. The summed E-state index contributed by atoms with van der Waals surface area (Å²) in [6.45, 7) is 2.25. The van der Waals surface area contributed by atoms with Crippen molar-refractivity contribution in [3.63, 3.8) is 0 Å². The third-order valence-corrected chi connectivity index (χ3v) is 4.74. The monoisotopic (exact) mass is 452 g/mol. The summed E-state index contributed by atoms with van der Waals surface area (Å²) in [7, 11) is 1.72. The van der Waals surface area contributed by atoms with Crippen molar-refractivity contribution in [2.45, 2.75) is 19.4 Å². The summed E-state index contributed by atoms with van der Waals surface area (Å²) in [5.74, 6) is 0.451. The zero-order chi connectivity index (χ0) is 19.8. The average Bonchev–Trinajstić information content (AvgIpc) is 2.63. The zero-order valence-corrected chi connectivity index (χ0v) is 17.6. The minimum Gasteiger partial charge on any atom is -0.492 e. The van der Waals surface area contributed by atoms with Gasteiger partial charge in [-0.3, -0.25) is 9.59 Å². The van der Waals surface area contributed by atoms with Crippen LogP contribution in [0.25, 0.3) is 0 Å². The molecule has 2 amide bonds. The standard InChI is InChI=1S/C20H22BrClN2O3/c1-14(25)23-19(15-3-5-16(21)6-4-15)13-20(26)24(2)11-12-27-18-9-7-17(22)8-10-18/h3-10,19H,11-13H2,1-2H3,(H,23,25). The highest BCUT2D eigenvalue weighted by Gasteiger charge is 2.19. The van der Waals surface area contributed by atoms with Crippen LogP contribution in [-0.4, -0.2) is 36.9 Å². The predicted octanol–water partition coefficient (Wildman–Crippen LogP) is 4.21. The summed E-state index contributed by atoms with van der Waals surface area (Å²) in [6.07, 6.45) is 0.179. The number of benzene rings is 2. The van der Waals surface area contributed by atoms with E-state index in [1.807, 2.05) is 24.3 Å². The van der Waals surface area contributed by atoms with Gasteiger partial charge in [-0.2, -0.15) is 0 Å². The van der Waals surface area contributed by atoms with Crippen molar-refractivity contribution in [3.05, 3.63) is 63.6 Å². The molecule has 0 radical (unpaired) electrons. The summed E-state index contributed by atoms with van der Waals surface area (Å²) in [6, 6.07) is 14.3. The second-order valence-corrected chi connectivity index (χ2v) is 7.48. The maximum Gasteiger partial charge on any atom is 0.224 e. The lowest BCUT2D eigenvalue weighted by Crippen LogP contribution is -2.35. The highest BCUT2D eigenvalue weighted by Crippen LogP contribution is 2.21. The molecule has 0 bridgehead atoms. The number of likely N-dealkylation sites (N-methyl/N-ethyl adjacent to an activating group) is 1. The van der Waals surface area contributed by atoms with Crippen molar-refractivity contribution >= 4 is 39.3 Å². The molecule has 27 heavy (non-hydrogen) atoms. The van der Waals surface area contributed by atoms with E-state index in [0.717, 1.165) is 10.0 Å².